The molecule has 0 saturated heterocycles. The van der Waals surface area contributed by atoms with E-state index in [1.165, 1.54) is 0 Å². The summed E-state index contributed by atoms with van der Waals surface area (Å²) in [5.74, 6) is 1.14. The van der Waals surface area contributed by atoms with Gasteiger partial charge in [0.05, 0.1) is 11.7 Å². The first kappa shape index (κ1) is 13.4. The Bertz CT molecular complexity index is 857. The van der Waals surface area contributed by atoms with Crippen molar-refractivity contribution in [3.63, 3.8) is 0 Å². The molecular weight excluding hydrogens is 266 g/mol. The van der Waals surface area contributed by atoms with Crippen LogP contribution in [0.25, 0.3) is 10.8 Å². The molecule has 0 bridgehead atoms. The van der Waals surface area contributed by atoms with Crippen molar-refractivity contribution in [1.29, 1.82) is 0 Å². The number of anilines is 1. The molecule has 1 atom stereocenters. The van der Waals surface area contributed by atoms with Gasteiger partial charge in [-0.3, -0.25) is 9.36 Å². The van der Waals surface area contributed by atoms with E-state index in [0.29, 0.717) is 17.0 Å². The number of hydrogen-bond acceptors (Lipinski definition) is 4. The third-order valence-electron chi connectivity index (χ3n) is 3.89. The van der Waals surface area contributed by atoms with E-state index in [-0.39, 0.29) is 11.6 Å². The lowest BCUT2D eigenvalue weighted by Gasteiger charge is -2.18. The van der Waals surface area contributed by atoms with E-state index in [2.05, 4.69) is 5.16 Å². The summed E-state index contributed by atoms with van der Waals surface area (Å²) in [6.45, 7) is 5.64. The van der Waals surface area contributed by atoms with Gasteiger partial charge in [0.25, 0.3) is 5.56 Å². The second-order valence-electron chi connectivity index (χ2n) is 5.25. The van der Waals surface area contributed by atoms with E-state index in [1.54, 1.807) is 4.57 Å². The lowest BCUT2D eigenvalue weighted by molar-refractivity contribution is 0.391. The zero-order valence-corrected chi connectivity index (χ0v) is 12.3. The molecule has 1 unspecified atom stereocenters. The van der Waals surface area contributed by atoms with Gasteiger partial charge in [-0.25, -0.2) is 0 Å². The maximum Gasteiger partial charge on any atom is 0.260 e. The first-order valence-corrected chi connectivity index (χ1v) is 6.83. The van der Waals surface area contributed by atoms with Crippen LogP contribution in [-0.4, -0.2) is 9.72 Å². The second kappa shape index (κ2) is 4.77. The Morgan fingerprint density at radius 3 is 2.67 bits per heavy atom. The Morgan fingerprint density at radius 2 is 2.00 bits per heavy atom. The second-order valence-corrected chi connectivity index (χ2v) is 5.25. The number of rotatable bonds is 2. The Balaban J connectivity index is 2.28. The van der Waals surface area contributed by atoms with E-state index in [0.717, 1.165) is 16.6 Å². The highest BCUT2D eigenvalue weighted by molar-refractivity contribution is 5.83. The minimum atomic E-state index is -0.228. The van der Waals surface area contributed by atoms with Crippen molar-refractivity contribution in [2.24, 2.45) is 0 Å². The van der Waals surface area contributed by atoms with Crippen LogP contribution in [0.15, 0.2) is 39.6 Å². The highest BCUT2D eigenvalue weighted by Crippen LogP contribution is 2.26. The number of hydrogen-bond donors (Lipinski definition) is 1. The number of nitrogens with two attached hydrogens (primary N) is 1. The average Bonchev–Trinajstić information content (AvgIpc) is 2.78. The summed E-state index contributed by atoms with van der Waals surface area (Å²) >= 11 is 0. The quantitative estimate of drug-likeness (QED) is 0.784. The predicted octanol–water partition coefficient (Wildman–Crippen LogP) is 2.80. The smallest absolute Gasteiger partial charge is 0.260 e. The Labute approximate surface area is 122 Å². The fraction of sp³-hybridized carbons (Fsp3) is 0.250. The van der Waals surface area contributed by atoms with E-state index in [9.17, 15) is 4.79 Å². The summed E-state index contributed by atoms with van der Waals surface area (Å²) < 4.78 is 6.79. The van der Waals surface area contributed by atoms with Crippen LogP contribution >= 0.6 is 0 Å². The highest BCUT2D eigenvalue weighted by atomic mass is 16.5. The van der Waals surface area contributed by atoms with Crippen LogP contribution in [0.5, 0.6) is 0 Å². The molecule has 108 valence electrons. The monoisotopic (exact) mass is 283 g/mol. The zero-order chi connectivity index (χ0) is 15.1. The number of nitrogen functional groups attached to an aromatic ring is 1. The van der Waals surface area contributed by atoms with Crippen LogP contribution in [0, 0.1) is 13.8 Å². The molecule has 0 radical (unpaired) electrons. The molecule has 0 saturated carbocycles. The van der Waals surface area contributed by atoms with Gasteiger partial charge >= 0.3 is 0 Å². The molecule has 2 aromatic heterocycles. The topological polar surface area (TPSA) is 74.1 Å². The van der Waals surface area contributed by atoms with E-state index >= 15 is 0 Å². The molecule has 1 aromatic carbocycles. The average molecular weight is 283 g/mol. The summed E-state index contributed by atoms with van der Waals surface area (Å²) in [5, 5.41) is 5.46. The van der Waals surface area contributed by atoms with Gasteiger partial charge < -0.3 is 10.3 Å². The normalized spacial score (nSPS) is 12.7. The summed E-state index contributed by atoms with van der Waals surface area (Å²) in [5.41, 5.74) is 7.69. The number of fused-ring (bicyclic) bond motifs is 1. The standard InChI is InChI=1S/C16H17N3O2/c1-9-15(11(3)21-18-9)10(2)19-14(17)8-12-6-4-5-7-13(12)16(19)20/h4-8,10H,17H2,1-3H3. The van der Waals surface area contributed by atoms with Gasteiger partial charge in [0, 0.05) is 10.9 Å². The molecule has 5 nitrogen and oxygen atoms in total. The van der Waals surface area contributed by atoms with Gasteiger partial charge in [0.1, 0.15) is 11.6 Å². The molecule has 3 rings (SSSR count). The molecule has 0 aliphatic rings. The van der Waals surface area contributed by atoms with Gasteiger partial charge in [0.2, 0.25) is 0 Å². The molecule has 3 aromatic rings. The van der Waals surface area contributed by atoms with Gasteiger partial charge in [-0.05, 0) is 38.3 Å². The first-order valence-electron chi connectivity index (χ1n) is 6.83. The van der Waals surface area contributed by atoms with Crippen molar-refractivity contribution in [2.45, 2.75) is 26.8 Å². The van der Waals surface area contributed by atoms with Crippen molar-refractivity contribution >= 4 is 16.6 Å². The molecule has 0 spiro atoms. The van der Waals surface area contributed by atoms with Gasteiger partial charge in [-0.1, -0.05) is 23.4 Å². The maximum absolute atomic E-state index is 12.7. The van der Waals surface area contributed by atoms with Crippen LogP contribution < -0.4 is 11.3 Å². The number of nitrogens with zero attached hydrogens (tertiary/aromatic N) is 2. The third kappa shape index (κ3) is 2.01. The highest BCUT2D eigenvalue weighted by Gasteiger charge is 2.21. The fourth-order valence-corrected chi connectivity index (χ4v) is 2.91. The Kier molecular flexibility index (Phi) is 3.05. The zero-order valence-electron chi connectivity index (χ0n) is 12.3. The molecule has 0 fully saturated rings. The number of pyridine rings is 1. The SMILES string of the molecule is Cc1noc(C)c1C(C)n1c(N)cc2ccccc2c1=O. The molecule has 5 heteroatoms. The Hall–Kier alpha value is -2.56. The first-order chi connectivity index (χ1) is 10.0. The van der Waals surface area contributed by atoms with Crippen molar-refractivity contribution in [1.82, 2.24) is 9.72 Å². The van der Waals surface area contributed by atoms with Crippen molar-refractivity contribution in [2.75, 3.05) is 5.73 Å². The fourth-order valence-electron chi connectivity index (χ4n) is 2.91. The van der Waals surface area contributed by atoms with Crippen molar-refractivity contribution in [3.8, 4) is 0 Å². The Morgan fingerprint density at radius 1 is 1.29 bits per heavy atom. The van der Waals surface area contributed by atoms with Crippen molar-refractivity contribution < 1.29 is 4.52 Å². The summed E-state index contributed by atoms with van der Waals surface area (Å²) in [4.78, 5) is 12.7. The van der Waals surface area contributed by atoms with Crippen LogP contribution in [-0.2, 0) is 0 Å². The van der Waals surface area contributed by atoms with E-state index in [1.807, 2.05) is 51.1 Å². The molecule has 0 aliphatic heterocycles. The van der Waals surface area contributed by atoms with Crippen LogP contribution in [0.3, 0.4) is 0 Å². The number of aryl methyl sites for hydroxylation is 2. The number of aromatic nitrogens is 2. The molecule has 2 heterocycles. The molecule has 2 N–H and O–H groups in total. The van der Waals surface area contributed by atoms with E-state index < -0.39 is 0 Å². The van der Waals surface area contributed by atoms with Crippen LogP contribution in [0.4, 0.5) is 5.82 Å². The van der Waals surface area contributed by atoms with Gasteiger partial charge in [0.15, 0.2) is 0 Å². The minimum absolute atomic E-state index is 0.0990. The van der Waals surface area contributed by atoms with Gasteiger partial charge in [-0.2, -0.15) is 0 Å². The van der Waals surface area contributed by atoms with Crippen LogP contribution in [0.1, 0.15) is 30.0 Å². The molecular formula is C16H17N3O2. The van der Waals surface area contributed by atoms with Crippen molar-refractivity contribution in [3.05, 3.63) is 57.7 Å². The molecule has 0 amide bonds. The molecule has 21 heavy (non-hydrogen) atoms. The summed E-state index contributed by atoms with van der Waals surface area (Å²) in [6.07, 6.45) is 0. The maximum atomic E-state index is 12.7. The van der Waals surface area contributed by atoms with E-state index in [4.69, 9.17) is 10.3 Å². The van der Waals surface area contributed by atoms with Crippen LogP contribution in [0.2, 0.25) is 0 Å². The largest absolute Gasteiger partial charge is 0.385 e. The third-order valence-corrected chi connectivity index (χ3v) is 3.89. The predicted molar refractivity (Wildman–Crippen MR) is 82.4 cm³/mol. The van der Waals surface area contributed by atoms with Gasteiger partial charge in [-0.15, -0.1) is 0 Å². The molecule has 0 aliphatic carbocycles. The lowest BCUT2D eigenvalue weighted by atomic mass is 10.1. The minimum Gasteiger partial charge on any atom is -0.385 e. The summed E-state index contributed by atoms with van der Waals surface area (Å²) in [7, 11) is 0. The lowest BCUT2D eigenvalue weighted by Crippen LogP contribution is -2.27. The summed E-state index contributed by atoms with van der Waals surface area (Å²) in [6, 6.07) is 9.04. The number of benzene rings is 1.